The van der Waals surface area contributed by atoms with Crippen molar-refractivity contribution in [1.29, 1.82) is 0 Å². The lowest BCUT2D eigenvalue weighted by molar-refractivity contribution is -0.225. The van der Waals surface area contributed by atoms with Crippen LogP contribution < -0.4 is 5.32 Å². The van der Waals surface area contributed by atoms with Crippen LogP contribution in [0.1, 0.15) is 10.4 Å². The van der Waals surface area contributed by atoms with Crippen LogP contribution in [0.2, 0.25) is 0 Å². The smallest absolute Gasteiger partial charge is 0.253 e. The van der Waals surface area contributed by atoms with Gasteiger partial charge in [-0.05, 0) is 12.1 Å². The van der Waals surface area contributed by atoms with E-state index < -0.39 is 43.2 Å². The zero-order valence-electron chi connectivity index (χ0n) is 10.5. The first-order valence-corrected chi connectivity index (χ1v) is 6.03. The molecule has 8 nitrogen and oxygen atoms in total. The second kappa shape index (κ2) is 5.81. The van der Waals surface area contributed by atoms with Gasteiger partial charge < -0.3 is 30.5 Å². The molecule has 0 spiro atoms. The van der Waals surface area contributed by atoms with Crippen LogP contribution in [0.5, 0.6) is 0 Å². The van der Waals surface area contributed by atoms with E-state index in [1.165, 1.54) is 18.5 Å². The molecule has 5 N–H and O–H groups in total. The number of aliphatic hydroxyl groups is 4. The van der Waals surface area contributed by atoms with Crippen molar-refractivity contribution >= 4 is 5.91 Å². The highest BCUT2D eigenvalue weighted by Gasteiger charge is 2.53. The van der Waals surface area contributed by atoms with Gasteiger partial charge in [-0.3, -0.25) is 9.78 Å². The SMILES string of the molecule is O=C(NCC1(O)O[C@H](CO)[C@@H](O)[C@@H]1O)c1cccnc1. The van der Waals surface area contributed by atoms with Gasteiger partial charge in [0.1, 0.15) is 18.3 Å². The van der Waals surface area contributed by atoms with Gasteiger partial charge in [-0.2, -0.15) is 0 Å². The summed E-state index contributed by atoms with van der Waals surface area (Å²) < 4.78 is 4.98. The number of carbonyl (C=O) groups is 1. The first-order valence-electron chi connectivity index (χ1n) is 6.03. The third-order valence-corrected chi connectivity index (χ3v) is 3.13. The number of amides is 1. The minimum absolute atomic E-state index is 0.280. The molecule has 1 aliphatic heterocycles. The molecular weight excluding hydrogens is 268 g/mol. The fraction of sp³-hybridized carbons (Fsp3) is 0.500. The first kappa shape index (κ1) is 14.8. The van der Waals surface area contributed by atoms with Crippen LogP contribution in [0.3, 0.4) is 0 Å². The molecule has 1 unspecified atom stereocenters. The molecule has 1 aromatic rings. The van der Waals surface area contributed by atoms with Crippen LogP contribution >= 0.6 is 0 Å². The van der Waals surface area contributed by atoms with E-state index in [2.05, 4.69) is 10.3 Å². The zero-order chi connectivity index (χ0) is 14.8. The lowest BCUT2D eigenvalue weighted by atomic mass is 10.1. The van der Waals surface area contributed by atoms with Crippen LogP contribution in [-0.4, -0.2) is 68.6 Å². The summed E-state index contributed by atoms with van der Waals surface area (Å²) in [5, 5.41) is 40.6. The molecule has 1 saturated heterocycles. The highest BCUT2D eigenvalue weighted by atomic mass is 16.7. The van der Waals surface area contributed by atoms with Gasteiger partial charge in [-0.1, -0.05) is 0 Å². The molecule has 20 heavy (non-hydrogen) atoms. The van der Waals surface area contributed by atoms with Gasteiger partial charge in [0.05, 0.1) is 18.7 Å². The number of nitrogens with zero attached hydrogens (tertiary/aromatic N) is 1. The summed E-state index contributed by atoms with van der Waals surface area (Å²) in [5.74, 6) is -2.66. The van der Waals surface area contributed by atoms with E-state index in [-0.39, 0.29) is 5.56 Å². The maximum Gasteiger partial charge on any atom is 0.253 e. The largest absolute Gasteiger partial charge is 0.394 e. The van der Waals surface area contributed by atoms with Crippen molar-refractivity contribution in [3.05, 3.63) is 30.1 Å². The Kier molecular flexibility index (Phi) is 4.31. The van der Waals surface area contributed by atoms with Crippen LogP contribution in [-0.2, 0) is 4.74 Å². The number of pyridine rings is 1. The average Bonchev–Trinajstić information content (AvgIpc) is 2.70. The van der Waals surface area contributed by atoms with Gasteiger partial charge in [0, 0.05) is 12.4 Å². The van der Waals surface area contributed by atoms with Gasteiger partial charge in [0.15, 0.2) is 0 Å². The Labute approximate surface area is 114 Å². The number of hydrogen-bond acceptors (Lipinski definition) is 7. The van der Waals surface area contributed by atoms with Crippen LogP contribution in [0.4, 0.5) is 0 Å². The summed E-state index contributed by atoms with van der Waals surface area (Å²) in [7, 11) is 0. The second-order valence-electron chi connectivity index (χ2n) is 4.54. The lowest BCUT2D eigenvalue weighted by Crippen LogP contribution is -2.51. The predicted molar refractivity (Wildman–Crippen MR) is 65.5 cm³/mol. The molecule has 1 aromatic heterocycles. The third kappa shape index (κ3) is 2.79. The van der Waals surface area contributed by atoms with Crippen molar-refractivity contribution in [3.63, 3.8) is 0 Å². The minimum atomic E-state index is -2.15. The van der Waals surface area contributed by atoms with E-state index in [1.807, 2.05) is 0 Å². The number of aliphatic hydroxyl groups excluding tert-OH is 3. The number of nitrogens with one attached hydrogen (secondary N) is 1. The molecule has 1 aliphatic rings. The third-order valence-electron chi connectivity index (χ3n) is 3.13. The molecule has 0 saturated carbocycles. The minimum Gasteiger partial charge on any atom is -0.394 e. The van der Waals surface area contributed by atoms with Gasteiger partial charge in [0.25, 0.3) is 5.91 Å². The first-order chi connectivity index (χ1) is 9.48. The summed E-state index contributed by atoms with van der Waals surface area (Å²) in [4.78, 5) is 15.5. The Balaban J connectivity index is 1.98. The Bertz CT molecular complexity index is 470. The van der Waals surface area contributed by atoms with E-state index in [0.29, 0.717) is 0 Å². The predicted octanol–water partition coefficient (Wildman–Crippen LogP) is -2.39. The fourth-order valence-corrected chi connectivity index (χ4v) is 1.97. The molecule has 110 valence electrons. The number of ether oxygens (including phenoxy) is 1. The Morgan fingerprint density at radius 3 is 2.80 bits per heavy atom. The molecule has 2 rings (SSSR count). The molecular formula is C12H16N2O6. The maximum atomic E-state index is 11.8. The van der Waals surface area contributed by atoms with Gasteiger partial charge >= 0.3 is 0 Å². The number of aromatic nitrogens is 1. The van der Waals surface area contributed by atoms with Crippen molar-refractivity contribution in [1.82, 2.24) is 10.3 Å². The topological polar surface area (TPSA) is 132 Å². The fourth-order valence-electron chi connectivity index (χ4n) is 1.97. The molecule has 0 bridgehead atoms. The molecule has 0 radical (unpaired) electrons. The summed E-state index contributed by atoms with van der Waals surface area (Å²) in [5.41, 5.74) is 0.280. The monoisotopic (exact) mass is 284 g/mol. The summed E-state index contributed by atoms with van der Waals surface area (Å²) >= 11 is 0. The van der Waals surface area contributed by atoms with Gasteiger partial charge in [0.2, 0.25) is 5.79 Å². The maximum absolute atomic E-state index is 11.8. The van der Waals surface area contributed by atoms with E-state index in [0.717, 1.165) is 0 Å². The van der Waals surface area contributed by atoms with Crippen molar-refractivity contribution in [2.75, 3.05) is 13.2 Å². The number of hydrogen-bond donors (Lipinski definition) is 5. The quantitative estimate of drug-likeness (QED) is 0.417. The molecule has 0 aromatic carbocycles. The normalized spacial score (nSPS) is 33.1. The zero-order valence-corrected chi connectivity index (χ0v) is 10.5. The summed E-state index contributed by atoms with van der Waals surface area (Å²) in [6, 6.07) is 3.11. The number of rotatable bonds is 4. The Hall–Kier alpha value is -1.58. The number of carbonyl (C=O) groups excluding carboxylic acids is 1. The van der Waals surface area contributed by atoms with E-state index in [4.69, 9.17) is 9.84 Å². The van der Waals surface area contributed by atoms with Crippen LogP contribution in [0.25, 0.3) is 0 Å². The van der Waals surface area contributed by atoms with Crippen molar-refractivity contribution in [3.8, 4) is 0 Å². The summed E-state index contributed by atoms with van der Waals surface area (Å²) in [6.07, 6.45) is -1.31. The molecule has 1 fully saturated rings. The van der Waals surface area contributed by atoms with Crippen molar-refractivity contribution < 1.29 is 30.0 Å². The highest BCUT2D eigenvalue weighted by Crippen LogP contribution is 2.28. The van der Waals surface area contributed by atoms with Gasteiger partial charge in [-0.25, -0.2) is 0 Å². The van der Waals surface area contributed by atoms with Gasteiger partial charge in [-0.15, -0.1) is 0 Å². The Morgan fingerprint density at radius 1 is 1.50 bits per heavy atom. The summed E-state index contributed by atoms with van der Waals surface area (Å²) in [6.45, 7) is -0.994. The lowest BCUT2D eigenvalue weighted by Gasteiger charge is -2.26. The molecule has 4 atom stereocenters. The van der Waals surface area contributed by atoms with Crippen molar-refractivity contribution in [2.45, 2.75) is 24.1 Å². The molecule has 8 heteroatoms. The molecule has 0 aliphatic carbocycles. The molecule has 2 heterocycles. The van der Waals surface area contributed by atoms with E-state index in [1.54, 1.807) is 6.07 Å². The van der Waals surface area contributed by atoms with Crippen LogP contribution in [0, 0.1) is 0 Å². The van der Waals surface area contributed by atoms with Crippen LogP contribution in [0.15, 0.2) is 24.5 Å². The second-order valence-corrected chi connectivity index (χ2v) is 4.54. The van der Waals surface area contributed by atoms with E-state index in [9.17, 15) is 20.1 Å². The Morgan fingerprint density at radius 2 is 2.25 bits per heavy atom. The van der Waals surface area contributed by atoms with E-state index >= 15 is 0 Å². The van der Waals surface area contributed by atoms with Crippen molar-refractivity contribution in [2.24, 2.45) is 0 Å². The molecule has 1 amide bonds. The average molecular weight is 284 g/mol. The highest BCUT2D eigenvalue weighted by molar-refractivity contribution is 5.93. The standard InChI is InChI=1S/C12H16N2O6/c15-5-8-9(16)10(17)12(19,20-8)6-14-11(18)7-2-1-3-13-4-7/h1-4,8-10,15-17,19H,5-6H2,(H,14,18)/t8-,9-,10+,12?/m1/s1.